The van der Waals surface area contributed by atoms with Crippen LogP contribution >= 0.6 is 0 Å². The molecule has 2 aromatic rings. The monoisotopic (exact) mass is 494 g/mol. The van der Waals surface area contributed by atoms with Gasteiger partial charge in [0.1, 0.15) is 0 Å². The maximum atomic E-state index is 10.4. The topological polar surface area (TPSA) is 207 Å². The predicted octanol–water partition coefficient (Wildman–Crippen LogP) is -2.04. The Morgan fingerprint density at radius 3 is 1.28 bits per heavy atom. The smallest absolute Gasteiger partial charge is 0.0311 e. The molecule has 25 heavy (non-hydrogen) atoms. The number of nitrogen functional groups attached to an aromatic ring is 2. The number of hydrogen-bond donors (Lipinski definition) is 4. The van der Waals surface area contributed by atoms with Gasteiger partial charge >= 0.3 is 129 Å². The Morgan fingerprint density at radius 2 is 1.08 bits per heavy atom. The first-order valence-electron chi connectivity index (χ1n) is 5.98. The van der Waals surface area contributed by atoms with E-state index in [1.807, 2.05) is 0 Å². The third-order valence-electron chi connectivity index (χ3n) is 2.23. The molecular weight excluding hydrogens is 482 g/mol. The number of phenols is 2. The molecule has 0 spiro atoms. The van der Waals surface area contributed by atoms with Gasteiger partial charge in [0.25, 0.3) is 0 Å². The largest absolute Gasteiger partial charge is 0.759 e. The molecule has 6 N–H and O–H groups in total. The number of phenolic OH excluding ortho intramolecular Hbond substituents is 2. The van der Waals surface area contributed by atoms with Crippen molar-refractivity contribution in [1.29, 1.82) is 0 Å². The van der Waals surface area contributed by atoms with Gasteiger partial charge in [-0.2, -0.15) is 0 Å². The van der Waals surface area contributed by atoms with Gasteiger partial charge in [0, 0.05) is 10.4 Å². The van der Waals surface area contributed by atoms with Crippen molar-refractivity contribution in [2.24, 2.45) is 0 Å². The van der Waals surface area contributed by atoms with E-state index < -0.39 is 41.8 Å². The Hall–Kier alpha value is -1.77. The molecule has 0 radical (unpaired) electrons. The Morgan fingerprint density at radius 1 is 0.800 bits per heavy atom. The van der Waals surface area contributed by atoms with Crippen LogP contribution in [0.1, 0.15) is 0 Å². The van der Waals surface area contributed by atoms with Gasteiger partial charge in [-0.1, -0.05) is 0 Å². The van der Waals surface area contributed by atoms with E-state index >= 15 is 0 Å². The molecule has 2 aromatic carbocycles. The summed E-state index contributed by atoms with van der Waals surface area (Å²) in [5.41, 5.74) is 11.2. The van der Waals surface area contributed by atoms with E-state index in [2.05, 4.69) is 0 Å². The van der Waals surface area contributed by atoms with Crippen LogP contribution in [0.4, 0.5) is 11.4 Å². The summed E-state index contributed by atoms with van der Waals surface area (Å²) in [6, 6.07) is 9.11. The summed E-state index contributed by atoms with van der Waals surface area (Å²) in [6.45, 7) is 0. The summed E-state index contributed by atoms with van der Waals surface area (Å²) in [4.78, 5) is 0. The van der Waals surface area contributed by atoms with E-state index in [4.69, 9.17) is 39.2 Å². The number of benzene rings is 2. The third kappa shape index (κ3) is 11.4. The molecule has 0 aromatic heterocycles. The Labute approximate surface area is 156 Å². The van der Waals surface area contributed by atoms with Crippen molar-refractivity contribution < 1.29 is 35.2 Å². The third-order valence-corrected chi connectivity index (χ3v) is 4.28. The molecule has 0 bridgehead atoms. The van der Waals surface area contributed by atoms with E-state index in [0.29, 0.717) is 8.70 Å². The van der Waals surface area contributed by atoms with Crippen LogP contribution in [0.5, 0.6) is 11.5 Å². The minimum Gasteiger partial charge on any atom is -0.759 e. The molecule has 2 rings (SSSR count). The van der Waals surface area contributed by atoms with Crippen LogP contribution in [0, 0.1) is 0 Å². The zero-order chi connectivity index (χ0) is 19.6. The molecule has 0 amide bonds. The number of rotatable bonds is 2. The first kappa shape index (κ1) is 23.2. The molecular formula is C12H12As2N2O8S-2. The van der Waals surface area contributed by atoms with Crippen molar-refractivity contribution in [1.82, 2.24) is 0 Å². The summed E-state index contributed by atoms with van der Waals surface area (Å²) in [7, 11) is -5.17. The van der Waals surface area contributed by atoms with Gasteiger partial charge in [-0.25, -0.2) is 0 Å². The first-order chi connectivity index (χ1) is 11.5. The van der Waals surface area contributed by atoms with E-state index in [1.54, 1.807) is 12.1 Å². The average molecular weight is 494 g/mol. The standard InChI is InChI=1S/2C6H6AsNO2.H2O4S/c2*8-5-3-4(7-10)1-2-6(5)9;1-5(2,3)4/h2*1-3,9H,8H2;(H2,1,2,3,4)/p-2. The molecule has 0 unspecified atom stereocenters. The number of nitrogens with two attached hydrogens (primary N) is 2. The number of anilines is 2. The maximum absolute atomic E-state index is 10.4. The van der Waals surface area contributed by atoms with Crippen LogP contribution in [0.3, 0.4) is 0 Å². The Kier molecular flexibility index (Phi) is 10.2. The van der Waals surface area contributed by atoms with E-state index in [-0.39, 0.29) is 22.9 Å². The van der Waals surface area contributed by atoms with Crippen molar-refractivity contribution in [2.75, 3.05) is 11.5 Å². The van der Waals surface area contributed by atoms with Gasteiger partial charge < -0.3 is 9.11 Å². The van der Waals surface area contributed by atoms with Gasteiger partial charge in [-0.3, -0.25) is 8.42 Å². The van der Waals surface area contributed by atoms with Gasteiger partial charge in [0.15, 0.2) is 0 Å². The molecule has 0 aliphatic rings. The minimum atomic E-state index is -5.17. The SMILES string of the molecule is Nc1cc([As]=O)ccc1O.Nc1cc([As]=O)ccc1O.O=S(=O)([O-])[O-]. The van der Waals surface area contributed by atoms with Crippen LogP contribution in [-0.2, 0) is 17.9 Å². The molecule has 10 nitrogen and oxygen atoms in total. The fraction of sp³-hybridized carbons (Fsp3) is 0. The molecule has 136 valence electrons. The molecule has 0 saturated heterocycles. The van der Waals surface area contributed by atoms with Crippen molar-refractivity contribution in [3.8, 4) is 11.5 Å². The fourth-order valence-corrected chi connectivity index (χ4v) is 2.57. The molecule has 13 heteroatoms. The fourth-order valence-electron chi connectivity index (χ4n) is 1.20. The summed E-state index contributed by atoms with van der Waals surface area (Å²) in [6.07, 6.45) is 0. The van der Waals surface area contributed by atoms with Crippen molar-refractivity contribution >= 4 is 61.9 Å². The van der Waals surface area contributed by atoms with Crippen molar-refractivity contribution in [3.05, 3.63) is 36.4 Å². The van der Waals surface area contributed by atoms with Crippen LogP contribution in [0.25, 0.3) is 0 Å². The molecule has 0 saturated carbocycles. The van der Waals surface area contributed by atoms with E-state index in [0.717, 1.165) is 0 Å². The van der Waals surface area contributed by atoms with Crippen LogP contribution < -0.4 is 20.2 Å². The minimum absolute atomic E-state index is 0.0402. The van der Waals surface area contributed by atoms with Crippen LogP contribution in [-0.4, -0.2) is 59.1 Å². The normalized spacial score (nSPS) is 10.3. The van der Waals surface area contributed by atoms with Gasteiger partial charge in [-0.15, -0.1) is 0 Å². The Bertz CT molecular complexity index is 782. The average Bonchev–Trinajstić information content (AvgIpc) is 2.52. The Balaban J connectivity index is 0.000000368. The second-order valence-electron chi connectivity index (χ2n) is 4.08. The van der Waals surface area contributed by atoms with Gasteiger partial charge in [0.2, 0.25) is 0 Å². The van der Waals surface area contributed by atoms with E-state index in [1.165, 1.54) is 24.3 Å². The van der Waals surface area contributed by atoms with Gasteiger partial charge in [-0.05, 0) is 0 Å². The molecule has 0 aliphatic heterocycles. The zero-order valence-corrected chi connectivity index (χ0v) is 16.8. The molecule has 0 aliphatic carbocycles. The molecule has 0 atom stereocenters. The maximum Gasteiger partial charge on any atom is 0.0311 e. The summed E-state index contributed by atoms with van der Waals surface area (Å²) < 4.78 is 56.2. The molecule has 0 heterocycles. The summed E-state index contributed by atoms with van der Waals surface area (Å²) in [5, 5.41) is 17.8. The second kappa shape index (κ2) is 11.0. The zero-order valence-electron chi connectivity index (χ0n) is 12.3. The summed E-state index contributed by atoms with van der Waals surface area (Å²) in [5.74, 6) is 0.0804. The van der Waals surface area contributed by atoms with Gasteiger partial charge in [0.05, 0.1) is 0 Å². The van der Waals surface area contributed by atoms with Crippen LogP contribution in [0.15, 0.2) is 36.4 Å². The van der Waals surface area contributed by atoms with Crippen LogP contribution in [0.2, 0.25) is 0 Å². The number of hydrogen-bond acceptors (Lipinski definition) is 10. The van der Waals surface area contributed by atoms with Crippen molar-refractivity contribution in [2.45, 2.75) is 0 Å². The number of aromatic hydroxyl groups is 2. The predicted molar refractivity (Wildman–Crippen MR) is 87.7 cm³/mol. The summed E-state index contributed by atoms with van der Waals surface area (Å²) >= 11 is -2.07. The quantitative estimate of drug-likeness (QED) is 0.118. The molecule has 0 fully saturated rings. The van der Waals surface area contributed by atoms with Crippen molar-refractivity contribution in [3.63, 3.8) is 0 Å². The second-order valence-corrected chi connectivity index (χ2v) is 7.83. The first-order valence-corrected chi connectivity index (χ1v) is 10.7. The van der Waals surface area contributed by atoms with E-state index in [9.17, 15) is 7.48 Å².